The lowest BCUT2D eigenvalue weighted by Gasteiger charge is -2.27. The van der Waals surface area contributed by atoms with Gasteiger partial charge in [-0.2, -0.15) is 0 Å². The number of nitrogens with zero attached hydrogens (tertiary/aromatic N) is 2. The van der Waals surface area contributed by atoms with Gasteiger partial charge in [-0.25, -0.2) is 0 Å². The number of hydrogen-bond donors (Lipinski definition) is 2. The summed E-state index contributed by atoms with van der Waals surface area (Å²) in [5.74, 6) is -2.37. The minimum absolute atomic E-state index is 0.0703. The highest BCUT2D eigenvalue weighted by molar-refractivity contribution is 6.10. The Morgan fingerprint density at radius 2 is 1.66 bits per heavy atom. The lowest BCUT2D eigenvalue weighted by molar-refractivity contribution is -0.148. The summed E-state index contributed by atoms with van der Waals surface area (Å²) in [4.78, 5) is 53.0. The number of aryl methyl sites for hydroxylation is 1. The predicted molar refractivity (Wildman–Crippen MR) is 119 cm³/mol. The highest BCUT2D eigenvalue weighted by atomic mass is 16.2. The fourth-order valence-corrected chi connectivity index (χ4v) is 4.70. The number of amides is 4. The fraction of sp³-hybridized carbons (Fsp3) is 0.417. The van der Waals surface area contributed by atoms with Crippen LogP contribution in [-0.4, -0.2) is 39.1 Å². The Labute approximate surface area is 186 Å². The molecule has 3 atom stereocenters. The van der Waals surface area contributed by atoms with Crippen LogP contribution in [0.3, 0.4) is 0 Å². The van der Waals surface area contributed by atoms with Crippen LogP contribution in [0.15, 0.2) is 42.6 Å². The van der Waals surface area contributed by atoms with Gasteiger partial charge in [0.2, 0.25) is 11.8 Å². The lowest BCUT2D eigenvalue weighted by Crippen LogP contribution is -2.54. The number of likely N-dealkylation sites (tertiary alicyclic amines) is 1. The summed E-state index contributed by atoms with van der Waals surface area (Å²) in [6.07, 6.45) is 6.87. The normalized spacial score (nSPS) is 21.2. The van der Waals surface area contributed by atoms with E-state index in [2.05, 4.69) is 10.9 Å². The van der Waals surface area contributed by atoms with E-state index in [0.717, 1.165) is 15.8 Å². The zero-order valence-corrected chi connectivity index (χ0v) is 18.5. The molecule has 2 N–H and O–H groups in total. The van der Waals surface area contributed by atoms with Crippen LogP contribution in [-0.2, 0) is 21.4 Å². The molecule has 1 aliphatic carbocycles. The summed E-state index contributed by atoms with van der Waals surface area (Å²) < 4.78 is 1.84. The molecule has 4 amide bonds. The van der Waals surface area contributed by atoms with Crippen molar-refractivity contribution in [2.45, 2.75) is 39.2 Å². The smallest absolute Gasteiger partial charge is 0.271 e. The van der Waals surface area contributed by atoms with Crippen molar-refractivity contribution in [2.75, 3.05) is 0 Å². The van der Waals surface area contributed by atoms with Crippen molar-refractivity contribution in [2.24, 2.45) is 24.8 Å². The maximum atomic E-state index is 13.1. The zero-order chi connectivity index (χ0) is 23.0. The highest BCUT2D eigenvalue weighted by Crippen LogP contribution is 2.37. The third-order valence-electron chi connectivity index (χ3n) is 6.29. The molecule has 168 valence electrons. The van der Waals surface area contributed by atoms with Crippen LogP contribution in [0.2, 0.25) is 0 Å². The lowest BCUT2D eigenvalue weighted by atomic mass is 9.85. The summed E-state index contributed by atoms with van der Waals surface area (Å²) in [6, 6.07) is 6.51. The zero-order valence-electron chi connectivity index (χ0n) is 18.5. The number of benzene rings is 1. The van der Waals surface area contributed by atoms with Gasteiger partial charge >= 0.3 is 0 Å². The quantitative estimate of drug-likeness (QED) is 0.427. The van der Waals surface area contributed by atoms with Crippen LogP contribution in [0.25, 0.3) is 10.9 Å². The Bertz CT molecular complexity index is 1090. The van der Waals surface area contributed by atoms with Gasteiger partial charge in [-0.05, 0) is 31.2 Å². The van der Waals surface area contributed by atoms with E-state index in [1.54, 1.807) is 6.20 Å². The monoisotopic (exact) mass is 436 g/mol. The molecular weight excluding hydrogens is 408 g/mol. The standard InChI is InChI=1S/C24H28N4O4/c1-14(2)12-20(28-23(31)16-9-4-5-10-17(16)24(28)32)22(30)26-25-21(29)18-13-27(3)19-11-7-6-8-15(18)19/h4-8,11,13-14,16-17,20H,9-10,12H2,1-3H3,(H,25,29)(H,26,30). The third-order valence-corrected chi connectivity index (χ3v) is 6.29. The van der Waals surface area contributed by atoms with Crippen LogP contribution in [0.4, 0.5) is 0 Å². The average Bonchev–Trinajstić information content (AvgIpc) is 3.25. The van der Waals surface area contributed by atoms with E-state index >= 15 is 0 Å². The Hall–Kier alpha value is -3.42. The first-order chi connectivity index (χ1) is 15.3. The Morgan fingerprint density at radius 3 is 2.28 bits per heavy atom. The topological polar surface area (TPSA) is 101 Å². The molecule has 0 radical (unpaired) electrons. The molecule has 0 saturated carbocycles. The van der Waals surface area contributed by atoms with E-state index < -0.39 is 29.7 Å². The fourth-order valence-electron chi connectivity index (χ4n) is 4.70. The summed E-state index contributed by atoms with van der Waals surface area (Å²) in [5, 5.41) is 0.766. The van der Waals surface area contributed by atoms with E-state index in [1.165, 1.54) is 0 Å². The number of allylic oxidation sites excluding steroid dienone is 2. The SMILES string of the molecule is CC(C)CC(C(=O)NNC(=O)c1cn(C)c2ccccc12)N1C(=O)C2CC=CCC2C1=O. The number of carbonyl (C=O) groups excluding carboxylic acids is 4. The third kappa shape index (κ3) is 3.81. The van der Waals surface area contributed by atoms with Gasteiger partial charge in [0.15, 0.2) is 0 Å². The molecule has 1 aromatic carbocycles. The van der Waals surface area contributed by atoms with Gasteiger partial charge in [-0.1, -0.05) is 44.2 Å². The summed E-state index contributed by atoms with van der Waals surface area (Å²) >= 11 is 0. The molecule has 2 aromatic rings. The van der Waals surface area contributed by atoms with Gasteiger partial charge in [0.05, 0.1) is 17.4 Å². The molecule has 0 spiro atoms. The van der Waals surface area contributed by atoms with Crippen molar-refractivity contribution in [1.82, 2.24) is 20.3 Å². The van der Waals surface area contributed by atoms with Crippen molar-refractivity contribution in [3.63, 3.8) is 0 Å². The molecule has 2 aliphatic rings. The molecule has 0 bridgehead atoms. The molecule has 4 rings (SSSR count). The van der Waals surface area contributed by atoms with Crippen molar-refractivity contribution >= 4 is 34.5 Å². The Kier molecular flexibility index (Phi) is 5.86. The van der Waals surface area contributed by atoms with E-state index in [4.69, 9.17) is 0 Å². The van der Waals surface area contributed by atoms with Crippen LogP contribution >= 0.6 is 0 Å². The van der Waals surface area contributed by atoms with E-state index in [0.29, 0.717) is 24.8 Å². The van der Waals surface area contributed by atoms with Gasteiger partial charge in [-0.15, -0.1) is 0 Å². The molecule has 1 aliphatic heterocycles. The van der Waals surface area contributed by atoms with Crippen molar-refractivity contribution in [3.8, 4) is 0 Å². The van der Waals surface area contributed by atoms with E-state index in [-0.39, 0.29) is 17.7 Å². The van der Waals surface area contributed by atoms with E-state index in [9.17, 15) is 19.2 Å². The Balaban J connectivity index is 1.51. The largest absolute Gasteiger partial charge is 0.350 e. The molecule has 8 nitrogen and oxygen atoms in total. The number of rotatable bonds is 5. The second-order valence-electron chi connectivity index (χ2n) is 8.96. The summed E-state index contributed by atoms with van der Waals surface area (Å²) in [5.41, 5.74) is 6.23. The first-order valence-electron chi connectivity index (χ1n) is 11.0. The molecule has 1 aromatic heterocycles. The number of carbonyl (C=O) groups is 4. The van der Waals surface area contributed by atoms with Crippen molar-refractivity contribution in [3.05, 3.63) is 48.2 Å². The molecule has 3 unspecified atom stereocenters. The Morgan fingerprint density at radius 1 is 1.03 bits per heavy atom. The molecule has 1 saturated heterocycles. The summed E-state index contributed by atoms with van der Waals surface area (Å²) in [7, 11) is 1.84. The average molecular weight is 437 g/mol. The molecular formula is C24H28N4O4. The maximum absolute atomic E-state index is 13.1. The number of hydrogen-bond acceptors (Lipinski definition) is 4. The van der Waals surface area contributed by atoms with E-state index in [1.807, 2.05) is 61.9 Å². The number of nitrogens with one attached hydrogen (secondary N) is 2. The van der Waals surface area contributed by atoms with Crippen LogP contribution < -0.4 is 10.9 Å². The van der Waals surface area contributed by atoms with Crippen molar-refractivity contribution in [1.29, 1.82) is 0 Å². The minimum Gasteiger partial charge on any atom is -0.350 e. The van der Waals surface area contributed by atoms with Crippen molar-refractivity contribution < 1.29 is 19.2 Å². The van der Waals surface area contributed by atoms with Crippen LogP contribution in [0.5, 0.6) is 0 Å². The van der Waals surface area contributed by atoms with Gasteiger partial charge in [0.1, 0.15) is 6.04 Å². The van der Waals surface area contributed by atoms with Gasteiger partial charge in [0, 0.05) is 24.1 Å². The number of aromatic nitrogens is 1. The maximum Gasteiger partial charge on any atom is 0.271 e. The molecule has 2 heterocycles. The minimum atomic E-state index is -0.964. The second-order valence-corrected chi connectivity index (χ2v) is 8.96. The van der Waals surface area contributed by atoms with Gasteiger partial charge in [0.25, 0.3) is 11.8 Å². The predicted octanol–water partition coefficient (Wildman–Crippen LogP) is 2.31. The van der Waals surface area contributed by atoms with Crippen LogP contribution in [0, 0.1) is 17.8 Å². The number of fused-ring (bicyclic) bond motifs is 2. The van der Waals surface area contributed by atoms with Gasteiger partial charge in [-0.3, -0.25) is 34.9 Å². The summed E-state index contributed by atoms with van der Waals surface area (Å²) in [6.45, 7) is 3.85. The first-order valence-corrected chi connectivity index (χ1v) is 11.0. The first kappa shape index (κ1) is 21.8. The second kappa shape index (κ2) is 8.61. The molecule has 1 fully saturated rings. The van der Waals surface area contributed by atoms with Gasteiger partial charge < -0.3 is 4.57 Å². The number of para-hydroxylation sites is 1. The molecule has 32 heavy (non-hydrogen) atoms. The molecule has 8 heteroatoms. The number of imide groups is 1. The van der Waals surface area contributed by atoms with Crippen LogP contribution in [0.1, 0.15) is 43.5 Å². The highest BCUT2D eigenvalue weighted by Gasteiger charge is 2.51. The number of hydrazine groups is 1.